The average Bonchev–Trinajstić information content (AvgIpc) is 2.68. The third-order valence-corrected chi connectivity index (χ3v) is 5.31. The molecule has 2 aliphatic rings. The Morgan fingerprint density at radius 1 is 1.69 bits per heavy atom. The van der Waals surface area contributed by atoms with Gasteiger partial charge in [-0.15, -0.1) is 11.8 Å². The molecule has 1 aliphatic heterocycles. The van der Waals surface area contributed by atoms with Gasteiger partial charge in [-0.05, 0) is 31.9 Å². The largest absolute Gasteiger partial charge is 0.468 e. The van der Waals surface area contributed by atoms with E-state index >= 15 is 0 Å². The van der Waals surface area contributed by atoms with Crippen molar-refractivity contribution in [3.63, 3.8) is 0 Å². The van der Waals surface area contributed by atoms with Gasteiger partial charge in [0.25, 0.3) is 0 Å². The Bertz CT molecular complexity index is 398. The van der Waals surface area contributed by atoms with Crippen molar-refractivity contribution in [3.8, 4) is 6.07 Å². The lowest BCUT2D eigenvalue weighted by Gasteiger charge is -2.40. The van der Waals surface area contributed by atoms with E-state index in [4.69, 9.17) is 4.74 Å². The third kappa shape index (κ3) is 1.31. The van der Waals surface area contributed by atoms with Gasteiger partial charge in [-0.2, -0.15) is 5.26 Å². The van der Waals surface area contributed by atoms with E-state index in [1.165, 1.54) is 12.7 Å². The maximum Gasteiger partial charge on any atom is 0.323 e. The van der Waals surface area contributed by atoms with E-state index in [0.717, 1.165) is 12.2 Å². The van der Waals surface area contributed by atoms with Crippen LogP contribution in [0.1, 0.15) is 26.2 Å². The fraction of sp³-hybridized carbons (Fsp3) is 0.667. The maximum absolute atomic E-state index is 12.1. The Balaban J connectivity index is 2.50. The van der Waals surface area contributed by atoms with E-state index in [0.29, 0.717) is 12.8 Å². The second kappa shape index (κ2) is 3.81. The van der Waals surface area contributed by atoms with Crippen LogP contribution in [0.15, 0.2) is 11.6 Å². The second-order valence-electron chi connectivity index (χ2n) is 4.54. The van der Waals surface area contributed by atoms with Crippen LogP contribution < -0.4 is 0 Å². The molecule has 86 valence electrons. The molecule has 0 N–H and O–H groups in total. The number of methoxy groups -OCH3 is 1. The monoisotopic (exact) mass is 237 g/mol. The van der Waals surface area contributed by atoms with Crippen LogP contribution in [-0.2, 0) is 9.53 Å². The van der Waals surface area contributed by atoms with Gasteiger partial charge in [-0.1, -0.05) is 11.6 Å². The lowest BCUT2D eigenvalue weighted by molar-refractivity contribution is -0.146. The lowest BCUT2D eigenvalue weighted by Crippen LogP contribution is -2.50. The first kappa shape index (κ1) is 11.5. The van der Waals surface area contributed by atoms with Crippen LogP contribution in [0.5, 0.6) is 0 Å². The van der Waals surface area contributed by atoms with Gasteiger partial charge in [-0.3, -0.25) is 4.79 Å². The summed E-state index contributed by atoms with van der Waals surface area (Å²) >= 11 is 1.60. The van der Waals surface area contributed by atoms with Gasteiger partial charge >= 0.3 is 5.97 Å². The zero-order chi connectivity index (χ0) is 11.8. The van der Waals surface area contributed by atoms with Crippen molar-refractivity contribution in [2.75, 3.05) is 12.9 Å². The number of carbonyl (C=O) groups excluding carboxylic acids is 1. The topological polar surface area (TPSA) is 50.1 Å². The van der Waals surface area contributed by atoms with Crippen LogP contribution >= 0.6 is 11.8 Å². The molecule has 4 heteroatoms. The molecule has 0 amide bonds. The van der Waals surface area contributed by atoms with Crippen LogP contribution in [0, 0.1) is 16.7 Å². The Labute approximate surface area is 99.8 Å². The predicted molar refractivity (Wildman–Crippen MR) is 62.9 cm³/mol. The molecule has 1 fully saturated rings. The third-order valence-electron chi connectivity index (χ3n) is 3.71. The summed E-state index contributed by atoms with van der Waals surface area (Å²) in [5.41, 5.74) is 0.634. The van der Waals surface area contributed by atoms with Crippen molar-refractivity contribution < 1.29 is 9.53 Å². The summed E-state index contributed by atoms with van der Waals surface area (Å²) in [7, 11) is 1.41. The summed E-state index contributed by atoms with van der Waals surface area (Å²) in [5, 5.41) is 9.45. The summed E-state index contributed by atoms with van der Waals surface area (Å²) in [5.74, 6) is 0.632. The van der Waals surface area contributed by atoms with Crippen molar-refractivity contribution in [2.45, 2.75) is 30.9 Å². The van der Waals surface area contributed by atoms with Gasteiger partial charge in [0.2, 0.25) is 0 Å². The number of ether oxygens (including phenoxy) is 1. The molecule has 0 aromatic heterocycles. The Hall–Kier alpha value is -0.950. The number of allylic oxidation sites excluding steroid dienone is 2. The highest BCUT2D eigenvalue weighted by Gasteiger charge is 2.62. The number of nitriles is 1. The number of rotatable bonds is 1. The highest BCUT2D eigenvalue weighted by Crippen LogP contribution is 2.59. The van der Waals surface area contributed by atoms with E-state index in [1.807, 2.05) is 6.92 Å². The number of thioether (sulfide) groups is 1. The molecular weight excluding hydrogens is 222 g/mol. The zero-order valence-corrected chi connectivity index (χ0v) is 10.4. The number of hydrogen-bond donors (Lipinski definition) is 0. The highest BCUT2D eigenvalue weighted by atomic mass is 32.2. The minimum absolute atomic E-state index is 0.232. The van der Waals surface area contributed by atoms with Crippen molar-refractivity contribution in [2.24, 2.45) is 5.41 Å². The normalized spacial score (nSPS) is 37.2. The van der Waals surface area contributed by atoms with Crippen LogP contribution in [0.3, 0.4) is 0 Å². The molecule has 3 nitrogen and oxygen atoms in total. The fourth-order valence-corrected chi connectivity index (χ4v) is 4.56. The van der Waals surface area contributed by atoms with E-state index < -0.39 is 10.2 Å². The van der Waals surface area contributed by atoms with Gasteiger partial charge in [0.1, 0.15) is 4.75 Å². The van der Waals surface area contributed by atoms with Crippen molar-refractivity contribution in [1.29, 1.82) is 5.26 Å². The summed E-state index contributed by atoms with van der Waals surface area (Å²) in [6.07, 6.45) is 4.21. The van der Waals surface area contributed by atoms with Crippen molar-refractivity contribution in [1.82, 2.24) is 0 Å². The average molecular weight is 237 g/mol. The molecule has 0 aromatic rings. The molecule has 0 radical (unpaired) electrons. The molecule has 2 unspecified atom stereocenters. The summed E-state index contributed by atoms with van der Waals surface area (Å²) in [6, 6.07) is 2.39. The highest BCUT2D eigenvalue weighted by molar-refractivity contribution is 8.01. The molecule has 1 heterocycles. The summed E-state index contributed by atoms with van der Waals surface area (Å²) in [4.78, 5) is 12.1. The number of carbonyl (C=O) groups is 1. The summed E-state index contributed by atoms with van der Waals surface area (Å²) < 4.78 is 4.27. The molecule has 0 bridgehead atoms. The number of nitrogens with zero attached hydrogens (tertiary/aromatic N) is 1. The quantitative estimate of drug-likeness (QED) is 0.518. The molecule has 0 saturated carbocycles. The standard InChI is InChI=1S/C12H15NO2S/c1-9-3-4-11(8-13)5-6-16-12(11,7-9)10(14)15-2/h3H,4-7H2,1-2H3. The molecule has 2 atom stereocenters. The van der Waals surface area contributed by atoms with Crippen molar-refractivity contribution in [3.05, 3.63) is 11.6 Å². The predicted octanol–water partition coefficient (Wildman–Crippen LogP) is 2.29. The van der Waals surface area contributed by atoms with E-state index in [9.17, 15) is 10.1 Å². The summed E-state index contributed by atoms with van der Waals surface area (Å²) in [6.45, 7) is 2.02. The van der Waals surface area contributed by atoms with E-state index in [1.54, 1.807) is 11.8 Å². The minimum Gasteiger partial charge on any atom is -0.468 e. The van der Waals surface area contributed by atoms with E-state index in [2.05, 4.69) is 12.1 Å². The van der Waals surface area contributed by atoms with E-state index in [-0.39, 0.29) is 5.97 Å². The van der Waals surface area contributed by atoms with Crippen LogP contribution in [-0.4, -0.2) is 23.6 Å². The first-order valence-electron chi connectivity index (χ1n) is 5.39. The second-order valence-corrected chi connectivity index (χ2v) is 5.94. The van der Waals surface area contributed by atoms with Gasteiger partial charge in [0.15, 0.2) is 0 Å². The van der Waals surface area contributed by atoms with Crippen LogP contribution in [0.25, 0.3) is 0 Å². The Morgan fingerprint density at radius 2 is 2.44 bits per heavy atom. The molecule has 16 heavy (non-hydrogen) atoms. The molecular formula is C12H15NO2S. The van der Waals surface area contributed by atoms with Gasteiger partial charge < -0.3 is 4.74 Å². The Kier molecular flexibility index (Phi) is 2.75. The van der Waals surface area contributed by atoms with Crippen LogP contribution in [0.2, 0.25) is 0 Å². The zero-order valence-electron chi connectivity index (χ0n) is 9.58. The van der Waals surface area contributed by atoms with Gasteiger partial charge in [0, 0.05) is 0 Å². The SMILES string of the molecule is COC(=O)C12CC(C)=CCC1(C#N)CCS2. The van der Waals surface area contributed by atoms with Crippen molar-refractivity contribution >= 4 is 17.7 Å². The number of esters is 1. The number of hydrogen-bond acceptors (Lipinski definition) is 4. The Morgan fingerprint density at radius 3 is 3.06 bits per heavy atom. The molecule has 2 rings (SSSR count). The van der Waals surface area contributed by atoms with Gasteiger partial charge in [0.05, 0.1) is 18.6 Å². The lowest BCUT2D eigenvalue weighted by atomic mass is 9.66. The minimum atomic E-state index is -0.657. The first-order chi connectivity index (χ1) is 7.60. The van der Waals surface area contributed by atoms with Gasteiger partial charge in [-0.25, -0.2) is 0 Å². The molecule has 0 spiro atoms. The molecule has 1 aliphatic carbocycles. The van der Waals surface area contributed by atoms with Crippen LogP contribution in [0.4, 0.5) is 0 Å². The smallest absolute Gasteiger partial charge is 0.323 e. The molecule has 0 aromatic carbocycles. The first-order valence-corrected chi connectivity index (χ1v) is 6.38. The maximum atomic E-state index is 12.1. The molecule has 1 saturated heterocycles. The number of fused-ring (bicyclic) bond motifs is 1. The fourth-order valence-electron chi connectivity index (χ4n) is 2.72.